The van der Waals surface area contributed by atoms with Crippen molar-refractivity contribution in [3.05, 3.63) is 22.4 Å². The highest BCUT2D eigenvalue weighted by Crippen LogP contribution is 2.18. The highest BCUT2D eigenvalue weighted by atomic mass is 79.9. The van der Waals surface area contributed by atoms with Crippen LogP contribution < -0.4 is 0 Å². The predicted octanol–water partition coefficient (Wildman–Crippen LogP) is 1.91. The second-order valence-electron chi connectivity index (χ2n) is 3.63. The first-order valence-electron chi connectivity index (χ1n) is 4.76. The molecule has 1 aliphatic heterocycles. The van der Waals surface area contributed by atoms with Crippen molar-refractivity contribution in [3.8, 4) is 0 Å². The first-order valence-corrected chi connectivity index (χ1v) is 5.55. The lowest BCUT2D eigenvalue weighted by molar-refractivity contribution is -0.128. The molecule has 0 bridgehead atoms. The molecule has 0 unspecified atom stereocenters. The third-order valence-corrected chi connectivity index (χ3v) is 3.49. The van der Waals surface area contributed by atoms with Gasteiger partial charge in [-0.05, 0) is 34.5 Å². The van der Waals surface area contributed by atoms with Gasteiger partial charge in [0.25, 0.3) is 0 Å². The highest BCUT2D eigenvalue weighted by molar-refractivity contribution is 9.10. The number of hydrogen-bond acceptors (Lipinski definition) is 1. The second kappa shape index (κ2) is 3.77. The van der Waals surface area contributed by atoms with Gasteiger partial charge in [-0.25, -0.2) is 0 Å². The smallest absolute Gasteiger partial charge is 0.222 e. The van der Waals surface area contributed by atoms with Gasteiger partial charge in [0.2, 0.25) is 5.91 Å². The summed E-state index contributed by atoms with van der Waals surface area (Å²) in [5, 5.41) is 0. The minimum absolute atomic E-state index is 0.280. The Morgan fingerprint density at radius 2 is 2.29 bits per heavy atom. The van der Waals surface area contributed by atoms with Crippen LogP contribution in [0, 0.1) is 0 Å². The summed E-state index contributed by atoms with van der Waals surface area (Å²) in [6.07, 6.45) is 1.72. The Hall–Kier alpha value is -0.770. The van der Waals surface area contributed by atoms with Crippen LogP contribution in [0.4, 0.5) is 0 Å². The molecule has 1 aromatic heterocycles. The summed E-state index contributed by atoms with van der Waals surface area (Å²) in [5.41, 5.74) is 1.17. The molecule has 0 spiro atoms. The maximum absolute atomic E-state index is 11.4. The molecule has 0 aliphatic carbocycles. The van der Waals surface area contributed by atoms with Crippen molar-refractivity contribution in [1.29, 1.82) is 0 Å². The average Bonchev–Trinajstić information content (AvgIpc) is 2.68. The molecule has 4 heteroatoms. The lowest BCUT2D eigenvalue weighted by Gasteiger charge is -2.15. The summed E-state index contributed by atoms with van der Waals surface area (Å²) >= 11 is 3.44. The van der Waals surface area contributed by atoms with Crippen LogP contribution in [-0.2, 0) is 18.4 Å². The second-order valence-corrected chi connectivity index (χ2v) is 4.44. The highest BCUT2D eigenvalue weighted by Gasteiger charge is 2.20. The molecule has 1 saturated heterocycles. The van der Waals surface area contributed by atoms with Crippen LogP contribution in [0.25, 0.3) is 0 Å². The van der Waals surface area contributed by atoms with Crippen LogP contribution in [-0.4, -0.2) is 21.9 Å². The SMILES string of the molecule is Cn1c(Br)ccc1CN1CCCC1=O. The number of carbonyl (C=O) groups excluding carboxylic acids is 1. The number of hydrogen-bond donors (Lipinski definition) is 0. The van der Waals surface area contributed by atoms with E-state index in [0.717, 1.165) is 24.1 Å². The summed E-state index contributed by atoms with van der Waals surface area (Å²) in [4.78, 5) is 13.3. The fraction of sp³-hybridized carbons (Fsp3) is 0.500. The summed E-state index contributed by atoms with van der Waals surface area (Å²) in [6.45, 7) is 1.64. The fourth-order valence-electron chi connectivity index (χ4n) is 1.75. The first kappa shape index (κ1) is 9.77. The van der Waals surface area contributed by atoms with Gasteiger partial charge in [-0.15, -0.1) is 0 Å². The molecule has 2 rings (SSSR count). The van der Waals surface area contributed by atoms with E-state index in [4.69, 9.17) is 0 Å². The standard InChI is InChI=1S/C10H13BrN2O/c1-12-8(4-5-9(12)11)7-13-6-2-3-10(13)14/h4-5H,2-3,6-7H2,1H3. The third kappa shape index (κ3) is 1.71. The van der Waals surface area contributed by atoms with E-state index >= 15 is 0 Å². The van der Waals surface area contributed by atoms with Gasteiger partial charge < -0.3 is 9.47 Å². The molecule has 0 atom stereocenters. The summed E-state index contributed by atoms with van der Waals surface area (Å²) in [7, 11) is 2.00. The minimum atomic E-state index is 0.280. The van der Waals surface area contributed by atoms with Crippen LogP contribution in [0.2, 0.25) is 0 Å². The molecule has 1 aromatic rings. The van der Waals surface area contributed by atoms with Gasteiger partial charge in [-0.2, -0.15) is 0 Å². The molecule has 76 valence electrons. The van der Waals surface area contributed by atoms with E-state index < -0.39 is 0 Å². The van der Waals surface area contributed by atoms with E-state index in [1.54, 1.807) is 0 Å². The van der Waals surface area contributed by atoms with Crippen LogP contribution in [0.1, 0.15) is 18.5 Å². The van der Waals surface area contributed by atoms with Crippen molar-refractivity contribution in [2.45, 2.75) is 19.4 Å². The third-order valence-electron chi connectivity index (χ3n) is 2.69. The number of rotatable bonds is 2. The molecule has 14 heavy (non-hydrogen) atoms. The minimum Gasteiger partial charge on any atom is -0.341 e. The fourth-order valence-corrected chi connectivity index (χ4v) is 2.11. The van der Waals surface area contributed by atoms with E-state index in [1.165, 1.54) is 5.69 Å². The lowest BCUT2D eigenvalue weighted by atomic mass is 10.4. The van der Waals surface area contributed by atoms with Crippen LogP contribution in [0.15, 0.2) is 16.7 Å². The molecule has 0 N–H and O–H groups in total. The molecule has 0 saturated carbocycles. The van der Waals surface area contributed by atoms with Crippen molar-refractivity contribution in [2.75, 3.05) is 6.54 Å². The largest absolute Gasteiger partial charge is 0.341 e. The zero-order valence-electron chi connectivity index (χ0n) is 8.16. The van der Waals surface area contributed by atoms with Gasteiger partial charge in [0, 0.05) is 25.7 Å². The monoisotopic (exact) mass is 256 g/mol. The summed E-state index contributed by atoms with van der Waals surface area (Å²) in [5.74, 6) is 0.280. The Kier molecular flexibility index (Phi) is 2.63. The summed E-state index contributed by atoms with van der Waals surface area (Å²) < 4.78 is 3.12. The number of nitrogens with zero attached hydrogens (tertiary/aromatic N) is 2. The summed E-state index contributed by atoms with van der Waals surface area (Å²) in [6, 6.07) is 4.06. The molecular formula is C10H13BrN2O. The van der Waals surface area contributed by atoms with Gasteiger partial charge in [0.05, 0.1) is 11.1 Å². The van der Waals surface area contributed by atoms with Crippen molar-refractivity contribution >= 4 is 21.8 Å². The molecule has 1 aliphatic rings. The maximum Gasteiger partial charge on any atom is 0.222 e. The number of carbonyl (C=O) groups is 1. The molecule has 0 aromatic carbocycles. The molecular weight excluding hydrogens is 244 g/mol. The van der Waals surface area contributed by atoms with Gasteiger partial charge in [-0.1, -0.05) is 0 Å². The number of halogens is 1. The maximum atomic E-state index is 11.4. The number of likely N-dealkylation sites (tertiary alicyclic amines) is 1. The van der Waals surface area contributed by atoms with E-state index in [-0.39, 0.29) is 5.91 Å². The van der Waals surface area contributed by atoms with Crippen LogP contribution in [0.5, 0.6) is 0 Å². The zero-order valence-corrected chi connectivity index (χ0v) is 9.75. The average molecular weight is 257 g/mol. The van der Waals surface area contributed by atoms with E-state index in [2.05, 4.69) is 26.6 Å². The number of amides is 1. The van der Waals surface area contributed by atoms with Gasteiger partial charge >= 0.3 is 0 Å². The van der Waals surface area contributed by atoms with Crippen molar-refractivity contribution in [1.82, 2.24) is 9.47 Å². The van der Waals surface area contributed by atoms with E-state index in [1.807, 2.05) is 18.0 Å². The molecule has 1 amide bonds. The molecule has 0 radical (unpaired) electrons. The van der Waals surface area contributed by atoms with Crippen molar-refractivity contribution in [3.63, 3.8) is 0 Å². The first-order chi connectivity index (χ1) is 6.68. The van der Waals surface area contributed by atoms with Gasteiger partial charge in [-0.3, -0.25) is 4.79 Å². The van der Waals surface area contributed by atoms with Gasteiger partial charge in [0.1, 0.15) is 0 Å². The lowest BCUT2D eigenvalue weighted by Crippen LogP contribution is -2.24. The Bertz CT molecular complexity index is 359. The Morgan fingerprint density at radius 1 is 1.50 bits per heavy atom. The van der Waals surface area contributed by atoms with Gasteiger partial charge in [0.15, 0.2) is 0 Å². The van der Waals surface area contributed by atoms with E-state index in [9.17, 15) is 4.79 Å². The quantitative estimate of drug-likeness (QED) is 0.794. The number of aromatic nitrogens is 1. The zero-order chi connectivity index (χ0) is 10.1. The Morgan fingerprint density at radius 3 is 2.79 bits per heavy atom. The van der Waals surface area contributed by atoms with E-state index in [0.29, 0.717) is 6.42 Å². The topological polar surface area (TPSA) is 25.2 Å². The van der Waals surface area contributed by atoms with Crippen molar-refractivity contribution in [2.24, 2.45) is 7.05 Å². The normalized spacial score (nSPS) is 16.7. The van der Waals surface area contributed by atoms with Crippen molar-refractivity contribution < 1.29 is 4.79 Å². The molecule has 3 nitrogen and oxygen atoms in total. The van der Waals surface area contributed by atoms with Crippen LogP contribution in [0.3, 0.4) is 0 Å². The molecule has 1 fully saturated rings. The predicted molar refractivity (Wildman–Crippen MR) is 57.8 cm³/mol. The Balaban J connectivity index is 2.10. The Labute approximate surface area is 91.8 Å². The van der Waals surface area contributed by atoms with Crippen LogP contribution >= 0.6 is 15.9 Å². The molecule has 2 heterocycles.